The van der Waals surface area contributed by atoms with Crippen LogP contribution in [0.5, 0.6) is 0 Å². The van der Waals surface area contributed by atoms with Crippen molar-refractivity contribution >= 4 is 23.1 Å². The van der Waals surface area contributed by atoms with Crippen molar-refractivity contribution in [3.8, 4) is 22.7 Å². The van der Waals surface area contributed by atoms with Crippen LogP contribution < -0.4 is 0 Å². The molecule has 2 heterocycles. The lowest BCUT2D eigenvalue weighted by Gasteiger charge is -2.02. The highest BCUT2D eigenvalue weighted by Gasteiger charge is 2.08. The second-order valence-electron chi connectivity index (χ2n) is 3.09. The van der Waals surface area contributed by atoms with Crippen LogP contribution in [0.15, 0.2) is 34.7 Å². The lowest BCUT2D eigenvalue weighted by molar-refractivity contribution is 1.12. The summed E-state index contributed by atoms with van der Waals surface area (Å²) in [5.41, 5.74) is 1.37. The Morgan fingerprint density at radius 1 is 1.29 bits per heavy atom. The van der Waals surface area contributed by atoms with Gasteiger partial charge in [-0.2, -0.15) is 10.5 Å². The Morgan fingerprint density at radius 3 is 2.82 bits per heavy atom. The van der Waals surface area contributed by atoms with Crippen molar-refractivity contribution in [1.82, 2.24) is 4.98 Å². The Bertz CT molecular complexity index is 591. The molecule has 3 nitrogen and oxygen atoms in total. The molecule has 5 heteroatoms. The maximum atomic E-state index is 8.96. The SMILES string of the molecule is N#CCSc1nc(-c2cccs2)ccc1C#N. The maximum Gasteiger partial charge on any atom is 0.116 e. The normalized spacial score (nSPS) is 9.53. The first kappa shape index (κ1) is 11.7. The molecule has 0 saturated heterocycles. The van der Waals surface area contributed by atoms with Crippen LogP contribution in [0.3, 0.4) is 0 Å². The van der Waals surface area contributed by atoms with E-state index in [4.69, 9.17) is 10.5 Å². The van der Waals surface area contributed by atoms with Crippen LogP contribution in [-0.2, 0) is 0 Å². The first-order chi connectivity index (χ1) is 8.35. The number of aromatic nitrogens is 1. The molecule has 2 aromatic rings. The van der Waals surface area contributed by atoms with Crippen LogP contribution in [0.25, 0.3) is 10.6 Å². The number of nitrogens with zero attached hydrogens (tertiary/aromatic N) is 3. The second-order valence-corrected chi connectivity index (χ2v) is 5.00. The summed E-state index contributed by atoms with van der Waals surface area (Å²) in [5.74, 6) is 0.301. The number of thioether (sulfide) groups is 1. The van der Waals surface area contributed by atoms with Crippen LogP contribution in [0.2, 0.25) is 0 Å². The summed E-state index contributed by atoms with van der Waals surface area (Å²) in [6, 6.07) is 11.7. The molecule has 2 aromatic heterocycles. The summed E-state index contributed by atoms with van der Waals surface area (Å²) in [4.78, 5) is 5.49. The van der Waals surface area contributed by atoms with Gasteiger partial charge in [0.2, 0.25) is 0 Å². The molecular formula is C12H7N3S2. The molecular weight excluding hydrogens is 250 g/mol. The maximum absolute atomic E-state index is 8.96. The zero-order chi connectivity index (χ0) is 12.1. The molecule has 17 heavy (non-hydrogen) atoms. The van der Waals surface area contributed by atoms with E-state index in [1.165, 1.54) is 11.8 Å². The molecule has 0 unspecified atom stereocenters. The zero-order valence-corrected chi connectivity index (χ0v) is 10.4. The van der Waals surface area contributed by atoms with Crippen molar-refractivity contribution < 1.29 is 0 Å². The molecule has 0 aliphatic heterocycles. The number of nitriles is 2. The summed E-state index contributed by atoms with van der Waals surface area (Å²) in [6.45, 7) is 0. The molecule has 0 aliphatic rings. The molecule has 0 saturated carbocycles. The van der Waals surface area contributed by atoms with E-state index in [0.717, 1.165) is 10.6 Å². The van der Waals surface area contributed by atoms with E-state index < -0.39 is 0 Å². The summed E-state index contributed by atoms with van der Waals surface area (Å²) < 4.78 is 0. The van der Waals surface area contributed by atoms with Crippen LogP contribution in [-0.4, -0.2) is 10.7 Å². The lowest BCUT2D eigenvalue weighted by atomic mass is 10.2. The van der Waals surface area contributed by atoms with E-state index in [1.54, 1.807) is 17.4 Å². The molecule has 0 atom stereocenters. The highest BCUT2D eigenvalue weighted by molar-refractivity contribution is 7.99. The van der Waals surface area contributed by atoms with Crippen LogP contribution >= 0.6 is 23.1 Å². The predicted octanol–water partition coefficient (Wildman–Crippen LogP) is 3.30. The minimum atomic E-state index is 0.301. The third kappa shape index (κ3) is 2.65. The number of thiophene rings is 1. The van der Waals surface area contributed by atoms with E-state index in [2.05, 4.69) is 11.1 Å². The Hall–Kier alpha value is -1.82. The largest absolute Gasteiger partial charge is 0.239 e. The Balaban J connectivity index is 2.39. The number of rotatable bonds is 3. The van der Waals surface area contributed by atoms with Gasteiger partial charge < -0.3 is 0 Å². The zero-order valence-electron chi connectivity index (χ0n) is 8.75. The van der Waals surface area contributed by atoms with Crippen molar-refractivity contribution in [3.05, 3.63) is 35.2 Å². The average Bonchev–Trinajstić information content (AvgIpc) is 2.89. The van der Waals surface area contributed by atoms with Crippen molar-refractivity contribution in [2.24, 2.45) is 0 Å². The minimum absolute atomic E-state index is 0.301. The van der Waals surface area contributed by atoms with Gasteiger partial charge in [-0.25, -0.2) is 4.98 Å². The highest BCUT2D eigenvalue weighted by Crippen LogP contribution is 2.27. The molecule has 0 aromatic carbocycles. The van der Waals surface area contributed by atoms with Gasteiger partial charge in [-0.3, -0.25) is 0 Å². The van der Waals surface area contributed by atoms with Gasteiger partial charge in [0.05, 0.1) is 28.0 Å². The van der Waals surface area contributed by atoms with E-state index in [0.29, 0.717) is 16.3 Å². The quantitative estimate of drug-likeness (QED) is 0.791. The van der Waals surface area contributed by atoms with Crippen LogP contribution in [0.1, 0.15) is 5.56 Å². The molecule has 0 fully saturated rings. The van der Waals surface area contributed by atoms with Gasteiger partial charge >= 0.3 is 0 Å². The Labute approximate surface area is 107 Å². The van der Waals surface area contributed by atoms with Gasteiger partial charge in [0.25, 0.3) is 0 Å². The van der Waals surface area contributed by atoms with E-state index >= 15 is 0 Å². The summed E-state index contributed by atoms with van der Waals surface area (Å²) in [7, 11) is 0. The highest BCUT2D eigenvalue weighted by atomic mass is 32.2. The standard InChI is InChI=1S/C12H7N3S2/c13-5-7-17-12-9(8-14)3-4-10(15-12)11-2-1-6-16-11/h1-4,6H,7H2. The Morgan fingerprint density at radius 2 is 2.18 bits per heavy atom. The van der Waals surface area contributed by atoms with Crippen molar-refractivity contribution in [2.75, 3.05) is 5.75 Å². The van der Waals surface area contributed by atoms with Crippen molar-refractivity contribution in [3.63, 3.8) is 0 Å². The average molecular weight is 257 g/mol. The van der Waals surface area contributed by atoms with Crippen molar-refractivity contribution in [1.29, 1.82) is 10.5 Å². The number of hydrogen-bond acceptors (Lipinski definition) is 5. The summed E-state index contributed by atoms with van der Waals surface area (Å²) in [6.07, 6.45) is 0. The third-order valence-corrected chi connectivity index (χ3v) is 3.78. The van der Waals surface area contributed by atoms with Gasteiger partial charge in [0.1, 0.15) is 11.1 Å². The number of pyridine rings is 1. The molecule has 0 amide bonds. The molecule has 0 spiro atoms. The van der Waals surface area contributed by atoms with Gasteiger partial charge in [-0.15, -0.1) is 11.3 Å². The molecule has 2 rings (SSSR count). The van der Waals surface area contributed by atoms with Crippen molar-refractivity contribution in [2.45, 2.75) is 5.03 Å². The lowest BCUT2D eigenvalue weighted by Crippen LogP contribution is -1.90. The van der Waals surface area contributed by atoms with E-state index in [1.807, 2.05) is 29.6 Å². The minimum Gasteiger partial charge on any atom is -0.239 e. The predicted molar refractivity (Wildman–Crippen MR) is 68.6 cm³/mol. The van der Waals surface area contributed by atoms with Crippen LogP contribution in [0.4, 0.5) is 0 Å². The topological polar surface area (TPSA) is 60.5 Å². The van der Waals surface area contributed by atoms with Crippen LogP contribution in [0, 0.1) is 22.7 Å². The molecule has 0 aliphatic carbocycles. The van der Waals surface area contributed by atoms with Gasteiger partial charge in [-0.05, 0) is 23.6 Å². The molecule has 0 bridgehead atoms. The smallest absolute Gasteiger partial charge is 0.116 e. The monoisotopic (exact) mass is 257 g/mol. The second kappa shape index (κ2) is 5.49. The fraction of sp³-hybridized carbons (Fsp3) is 0.0833. The first-order valence-electron chi connectivity index (χ1n) is 4.80. The summed E-state index contributed by atoms with van der Waals surface area (Å²) in [5, 5.41) is 20.1. The molecule has 0 radical (unpaired) electrons. The van der Waals surface area contributed by atoms with Gasteiger partial charge in [-0.1, -0.05) is 17.8 Å². The molecule has 0 N–H and O–H groups in total. The fourth-order valence-electron chi connectivity index (χ4n) is 1.30. The van der Waals surface area contributed by atoms with E-state index in [9.17, 15) is 0 Å². The fourth-order valence-corrected chi connectivity index (χ4v) is 2.63. The van der Waals surface area contributed by atoms with E-state index in [-0.39, 0.29) is 0 Å². The first-order valence-corrected chi connectivity index (χ1v) is 6.66. The number of hydrogen-bond donors (Lipinski definition) is 0. The van der Waals surface area contributed by atoms with Gasteiger partial charge in [0.15, 0.2) is 0 Å². The Kier molecular flexibility index (Phi) is 3.77. The molecule has 82 valence electrons. The summed E-state index contributed by atoms with van der Waals surface area (Å²) >= 11 is 2.90. The third-order valence-electron chi connectivity index (χ3n) is 2.03. The van der Waals surface area contributed by atoms with Gasteiger partial charge in [0, 0.05) is 0 Å².